The predicted octanol–water partition coefficient (Wildman–Crippen LogP) is 3.22. The fourth-order valence-corrected chi connectivity index (χ4v) is 2.22. The summed E-state index contributed by atoms with van der Waals surface area (Å²) in [6.07, 6.45) is 4.54. The van der Waals surface area contributed by atoms with Crippen molar-refractivity contribution in [1.82, 2.24) is 9.97 Å². The predicted molar refractivity (Wildman–Crippen MR) is 78.8 cm³/mol. The molecule has 20 heavy (non-hydrogen) atoms. The van der Waals surface area contributed by atoms with Crippen molar-refractivity contribution in [2.24, 2.45) is 0 Å². The summed E-state index contributed by atoms with van der Waals surface area (Å²) in [4.78, 5) is 8.46. The van der Waals surface area contributed by atoms with Gasteiger partial charge in [0.2, 0.25) is 0 Å². The first kappa shape index (κ1) is 14.4. The molecule has 1 heterocycles. The van der Waals surface area contributed by atoms with E-state index in [-0.39, 0.29) is 0 Å². The van der Waals surface area contributed by atoms with E-state index in [1.165, 1.54) is 0 Å². The van der Waals surface area contributed by atoms with Crippen LogP contribution in [0.2, 0.25) is 0 Å². The van der Waals surface area contributed by atoms with Crippen molar-refractivity contribution >= 4 is 11.8 Å². The van der Waals surface area contributed by atoms with Gasteiger partial charge < -0.3 is 4.74 Å². The van der Waals surface area contributed by atoms with Gasteiger partial charge in [0.25, 0.3) is 0 Å². The number of ether oxygens (including phenoxy) is 1. The molecule has 0 saturated carbocycles. The standard InChI is InChI=1S/C15H15N3OS/c1-12-10-17-15(18-11-12)20-7-3-6-19-14-5-2-4-13(8-14)9-16/h2,4-5,8,10-11H,3,6-7H2,1H3. The molecule has 0 bridgehead atoms. The van der Waals surface area contributed by atoms with Crippen LogP contribution in [0.3, 0.4) is 0 Å². The van der Waals surface area contributed by atoms with Crippen LogP contribution in [0.25, 0.3) is 0 Å². The number of hydrogen-bond donors (Lipinski definition) is 0. The van der Waals surface area contributed by atoms with Gasteiger partial charge in [-0.2, -0.15) is 5.26 Å². The summed E-state index contributed by atoms with van der Waals surface area (Å²) in [5.74, 6) is 1.64. The smallest absolute Gasteiger partial charge is 0.187 e. The van der Waals surface area contributed by atoms with Crippen molar-refractivity contribution in [1.29, 1.82) is 5.26 Å². The van der Waals surface area contributed by atoms with E-state index in [1.54, 1.807) is 23.9 Å². The molecule has 0 aliphatic carbocycles. The zero-order valence-corrected chi connectivity index (χ0v) is 12.1. The number of aryl methyl sites for hydroxylation is 1. The van der Waals surface area contributed by atoms with E-state index in [2.05, 4.69) is 16.0 Å². The highest BCUT2D eigenvalue weighted by Crippen LogP contribution is 2.15. The van der Waals surface area contributed by atoms with Crippen LogP contribution in [0.1, 0.15) is 17.5 Å². The maximum absolute atomic E-state index is 8.79. The molecule has 4 nitrogen and oxygen atoms in total. The van der Waals surface area contributed by atoms with Gasteiger partial charge in [0.15, 0.2) is 5.16 Å². The number of hydrogen-bond acceptors (Lipinski definition) is 5. The van der Waals surface area contributed by atoms with Gasteiger partial charge in [0.1, 0.15) is 5.75 Å². The van der Waals surface area contributed by atoms with E-state index in [9.17, 15) is 0 Å². The van der Waals surface area contributed by atoms with E-state index < -0.39 is 0 Å². The third-order valence-corrected chi connectivity index (χ3v) is 3.47. The Morgan fingerprint density at radius 1 is 1.30 bits per heavy atom. The average molecular weight is 285 g/mol. The Kier molecular flexibility index (Phi) is 5.39. The molecule has 0 atom stereocenters. The fourth-order valence-electron chi connectivity index (χ4n) is 1.52. The lowest BCUT2D eigenvalue weighted by Crippen LogP contribution is -1.99. The highest BCUT2D eigenvalue weighted by atomic mass is 32.2. The summed E-state index contributed by atoms with van der Waals surface area (Å²) in [6.45, 7) is 2.59. The van der Waals surface area contributed by atoms with Crippen molar-refractivity contribution in [2.45, 2.75) is 18.5 Å². The normalized spacial score (nSPS) is 10.0. The second-order valence-electron chi connectivity index (χ2n) is 4.23. The van der Waals surface area contributed by atoms with Crippen LogP contribution < -0.4 is 4.74 Å². The van der Waals surface area contributed by atoms with Gasteiger partial charge in [-0.15, -0.1) is 0 Å². The SMILES string of the molecule is Cc1cnc(SCCCOc2cccc(C#N)c2)nc1. The van der Waals surface area contributed by atoms with Crippen LogP contribution in [0.4, 0.5) is 0 Å². The van der Waals surface area contributed by atoms with Gasteiger partial charge in [-0.3, -0.25) is 0 Å². The van der Waals surface area contributed by atoms with Crippen LogP contribution in [-0.4, -0.2) is 22.3 Å². The largest absolute Gasteiger partial charge is 0.494 e. The van der Waals surface area contributed by atoms with Gasteiger partial charge in [-0.1, -0.05) is 17.8 Å². The molecule has 2 rings (SSSR count). The summed E-state index contributed by atoms with van der Waals surface area (Å²) in [5.41, 5.74) is 1.68. The first-order chi connectivity index (χ1) is 9.78. The quantitative estimate of drug-likeness (QED) is 0.463. The lowest BCUT2D eigenvalue weighted by atomic mass is 10.2. The molecule has 102 valence electrons. The maximum Gasteiger partial charge on any atom is 0.187 e. The Bertz CT molecular complexity index is 593. The van der Waals surface area contributed by atoms with Crippen molar-refractivity contribution in [3.05, 3.63) is 47.8 Å². The zero-order chi connectivity index (χ0) is 14.2. The molecule has 0 saturated heterocycles. The minimum atomic E-state index is 0.616. The van der Waals surface area contributed by atoms with Crippen LogP contribution >= 0.6 is 11.8 Å². The molecule has 0 aliphatic heterocycles. The molecule has 1 aromatic carbocycles. The van der Waals surface area contributed by atoms with Gasteiger partial charge in [-0.25, -0.2) is 9.97 Å². The molecule has 2 aromatic rings. The lowest BCUT2D eigenvalue weighted by molar-refractivity contribution is 0.318. The molecule has 5 heteroatoms. The van der Waals surface area contributed by atoms with Crippen molar-refractivity contribution < 1.29 is 4.74 Å². The van der Waals surface area contributed by atoms with Crippen molar-refractivity contribution in [3.63, 3.8) is 0 Å². The second kappa shape index (κ2) is 7.51. The number of aromatic nitrogens is 2. The summed E-state index contributed by atoms with van der Waals surface area (Å²) >= 11 is 1.62. The van der Waals surface area contributed by atoms with E-state index in [0.29, 0.717) is 12.2 Å². The molecule has 0 amide bonds. The van der Waals surface area contributed by atoms with Crippen LogP contribution in [0.5, 0.6) is 5.75 Å². The third-order valence-electron chi connectivity index (χ3n) is 2.51. The number of rotatable bonds is 6. The van der Waals surface area contributed by atoms with Gasteiger partial charge in [0.05, 0.1) is 18.2 Å². The van der Waals surface area contributed by atoms with E-state index in [0.717, 1.165) is 28.6 Å². The third kappa shape index (κ3) is 4.56. The average Bonchev–Trinajstić information content (AvgIpc) is 2.49. The Balaban J connectivity index is 1.69. The van der Waals surface area contributed by atoms with Gasteiger partial charge in [0, 0.05) is 18.1 Å². The molecule has 0 N–H and O–H groups in total. The van der Waals surface area contributed by atoms with Crippen LogP contribution in [-0.2, 0) is 0 Å². The number of thioether (sulfide) groups is 1. The van der Waals surface area contributed by atoms with Crippen molar-refractivity contribution in [3.8, 4) is 11.8 Å². The molecule has 1 aromatic heterocycles. The van der Waals surface area contributed by atoms with Crippen LogP contribution in [0.15, 0.2) is 41.8 Å². The minimum absolute atomic E-state index is 0.616. The summed E-state index contributed by atoms with van der Waals surface area (Å²) in [6, 6.07) is 9.28. The molecule has 0 spiro atoms. The first-order valence-electron chi connectivity index (χ1n) is 6.32. The Hall–Kier alpha value is -2.06. The molecular weight excluding hydrogens is 270 g/mol. The second-order valence-corrected chi connectivity index (χ2v) is 5.30. The molecule has 0 aliphatic rings. The lowest BCUT2D eigenvalue weighted by Gasteiger charge is -2.05. The number of nitrogens with zero attached hydrogens (tertiary/aromatic N) is 3. The van der Waals surface area contributed by atoms with Crippen LogP contribution in [0, 0.1) is 18.3 Å². The molecule has 0 fully saturated rings. The Morgan fingerprint density at radius 3 is 2.85 bits per heavy atom. The van der Waals surface area contributed by atoms with Crippen molar-refractivity contribution in [2.75, 3.05) is 12.4 Å². The summed E-state index contributed by atoms with van der Waals surface area (Å²) in [5, 5.41) is 9.59. The monoisotopic (exact) mass is 285 g/mol. The highest BCUT2D eigenvalue weighted by Gasteiger charge is 1.99. The van der Waals surface area contributed by atoms with E-state index in [1.807, 2.05) is 31.5 Å². The first-order valence-corrected chi connectivity index (χ1v) is 7.31. The molecular formula is C15H15N3OS. The topological polar surface area (TPSA) is 58.8 Å². The summed E-state index contributed by atoms with van der Waals surface area (Å²) < 4.78 is 5.60. The molecule has 0 radical (unpaired) electrons. The van der Waals surface area contributed by atoms with E-state index >= 15 is 0 Å². The number of nitriles is 1. The van der Waals surface area contributed by atoms with Gasteiger partial charge in [-0.05, 0) is 37.1 Å². The highest BCUT2D eigenvalue weighted by molar-refractivity contribution is 7.99. The fraction of sp³-hybridized carbons (Fsp3) is 0.267. The van der Waals surface area contributed by atoms with E-state index in [4.69, 9.17) is 10.00 Å². The maximum atomic E-state index is 8.79. The zero-order valence-electron chi connectivity index (χ0n) is 11.2. The summed E-state index contributed by atoms with van der Waals surface area (Å²) in [7, 11) is 0. The Morgan fingerprint density at radius 2 is 2.10 bits per heavy atom. The van der Waals surface area contributed by atoms with Gasteiger partial charge >= 0.3 is 0 Å². The molecule has 0 unspecified atom stereocenters. The minimum Gasteiger partial charge on any atom is -0.494 e. The number of benzene rings is 1. The Labute approximate surface area is 122 Å².